The Balaban J connectivity index is -0.000000256. The van der Waals surface area contributed by atoms with Gasteiger partial charge in [0, 0.05) is 20.4 Å². The Morgan fingerprint density at radius 2 is 1.26 bits per heavy atom. The van der Waals surface area contributed by atoms with E-state index in [-0.39, 0.29) is 20.4 Å². The van der Waals surface area contributed by atoms with Gasteiger partial charge in [-0.05, 0) is 37.8 Å². The third-order valence-corrected chi connectivity index (χ3v) is 3.35. The van der Waals surface area contributed by atoms with Crippen LogP contribution in [0.3, 0.4) is 0 Å². The first-order valence-electron chi connectivity index (χ1n) is 5.27. The van der Waals surface area contributed by atoms with Crippen LogP contribution in [0.1, 0.15) is 26.7 Å². The van der Waals surface area contributed by atoms with E-state index in [2.05, 4.69) is 45.5 Å². The Morgan fingerprint density at radius 3 is 1.47 bits per heavy atom. The van der Waals surface area contributed by atoms with Gasteiger partial charge in [-0.2, -0.15) is 0 Å². The number of nitrogens with zero attached hydrogens (tertiary/aromatic N) is 4. The second-order valence-corrected chi connectivity index (χ2v) is 5.63. The van der Waals surface area contributed by atoms with Crippen molar-refractivity contribution in [3.8, 4) is 0 Å². The monoisotopic (exact) mass is 430 g/mol. The minimum atomic E-state index is 0. The van der Waals surface area contributed by atoms with Crippen LogP contribution in [0.25, 0.3) is 10.9 Å². The summed E-state index contributed by atoms with van der Waals surface area (Å²) in [6.45, 7) is 4.02. The van der Waals surface area contributed by atoms with Crippen LogP contribution in [0.2, 0.25) is 0 Å². The minimum absolute atomic E-state index is 0. The number of rotatable bonds is 4. The van der Waals surface area contributed by atoms with Gasteiger partial charge < -0.3 is 21.1 Å². The van der Waals surface area contributed by atoms with Crippen LogP contribution in [-0.2, 0) is 44.9 Å². The van der Waals surface area contributed by atoms with Crippen molar-refractivity contribution in [3.63, 3.8) is 0 Å². The second-order valence-electron chi connectivity index (χ2n) is 2.59. The van der Waals surface area contributed by atoms with E-state index >= 15 is 0 Å². The van der Waals surface area contributed by atoms with Gasteiger partial charge in [-0.1, -0.05) is 37.4 Å². The van der Waals surface area contributed by atoms with Gasteiger partial charge in [-0.15, -0.1) is 0 Å². The molecule has 0 heterocycles. The van der Waals surface area contributed by atoms with Crippen molar-refractivity contribution in [1.82, 2.24) is 0 Å². The molecule has 0 aromatic carbocycles. The van der Waals surface area contributed by atoms with E-state index in [0.717, 1.165) is 12.8 Å². The first-order chi connectivity index (χ1) is 8.62. The summed E-state index contributed by atoms with van der Waals surface area (Å²) in [7, 11) is 0. The molecule has 0 bridgehead atoms. The molecule has 0 unspecified atom stereocenters. The van der Waals surface area contributed by atoms with E-state index < -0.39 is 0 Å². The number of thioether (sulfide) groups is 2. The first-order valence-corrected chi connectivity index (χ1v) is 8.61. The number of hydrogen-bond donors (Lipinski definition) is 0. The van der Waals surface area contributed by atoms with Crippen LogP contribution in [0.5, 0.6) is 0 Å². The molecule has 9 heteroatoms. The summed E-state index contributed by atoms with van der Waals surface area (Å²) in [5, 5.41) is 7.45. The summed E-state index contributed by atoms with van der Waals surface area (Å²) in [5.74, 6) is 0. The van der Waals surface area contributed by atoms with E-state index in [0.29, 0.717) is 8.64 Å². The molecule has 0 aliphatic heterocycles. The summed E-state index contributed by atoms with van der Waals surface area (Å²) in [6, 6.07) is 0. The molecule has 0 aromatic heterocycles. The van der Waals surface area contributed by atoms with Crippen molar-refractivity contribution in [3.05, 3.63) is 10.9 Å². The molecular weight excluding hydrogens is 411 g/mol. The Morgan fingerprint density at radius 1 is 0.947 bits per heavy atom. The zero-order valence-electron chi connectivity index (χ0n) is 11.4. The summed E-state index contributed by atoms with van der Waals surface area (Å²) < 4.78 is 1.39. The van der Waals surface area contributed by atoms with E-state index in [1.54, 1.807) is 12.4 Å². The smallest absolute Gasteiger partial charge is 0.174 e. The molecule has 0 radical (unpaired) electrons. The fourth-order valence-electron chi connectivity index (χ4n) is 0.425. The number of hydrogen-bond acceptors (Lipinski definition) is 4. The maximum Gasteiger partial charge on any atom is 0.174 e. The maximum absolute atomic E-state index is 4.00. The van der Waals surface area contributed by atoms with Gasteiger partial charge in [-0.3, -0.25) is 0 Å². The molecule has 0 aliphatic rings. The first kappa shape index (κ1) is 24.5. The third kappa shape index (κ3) is 23.9. The Kier molecular flexibility index (Phi) is 26.8. The van der Waals surface area contributed by atoms with Crippen molar-refractivity contribution in [2.45, 2.75) is 26.7 Å². The maximum atomic E-state index is 4.00. The Labute approximate surface area is 149 Å². The largest absolute Gasteiger partial charge is 0.520 e. The molecule has 0 amide bonds. The molecule has 0 spiro atoms. The topological polar surface area (TPSA) is 52.9 Å². The average molecular weight is 431 g/mol. The molecule has 0 atom stereocenters. The molecule has 19 heavy (non-hydrogen) atoms. The fraction of sp³-hybridized carbons (Fsp3) is 0.600. The van der Waals surface area contributed by atoms with Crippen LogP contribution in [-0.4, -0.2) is 33.6 Å². The van der Waals surface area contributed by atoms with Gasteiger partial charge in [0.25, 0.3) is 0 Å². The molecule has 0 N–H and O–H groups in total. The van der Waals surface area contributed by atoms with E-state index in [1.807, 2.05) is 26.4 Å². The second kappa shape index (κ2) is 20.8. The fourth-order valence-corrected chi connectivity index (χ4v) is 0.786. The molecule has 0 saturated heterocycles. The van der Waals surface area contributed by atoms with Crippen LogP contribution in [0.15, 0.2) is 10.2 Å². The Hall–Kier alpha value is 0.482. The molecule has 114 valence electrons. The molecular formula is C10H20N4PdS4. The summed E-state index contributed by atoms with van der Waals surface area (Å²) >= 11 is 11.0. The van der Waals surface area contributed by atoms with Crippen molar-refractivity contribution in [2.75, 3.05) is 12.5 Å². The van der Waals surface area contributed by atoms with Gasteiger partial charge in [0.05, 0.1) is 0 Å². The molecule has 0 aliphatic carbocycles. The van der Waals surface area contributed by atoms with Gasteiger partial charge in [-0.25, -0.2) is 0 Å². The zero-order chi connectivity index (χ0) is 14.2. The van der Waals surface area contributed by atoms with Gasteiger partial charge in [0.1, 0.15) is 0 Å². The Bertz CT molecular complexity index is 257. The molecule has 0 fully saturated rings. The van der Waals surface area contributed by atoms with E-state index in [1.165, 1.54) is 23.5 Å². The molecule has 0 aromatic rings. The van der Waals surface area contributed by atoms with E-state index in [4.69, 9.17) is 0 Å². The van der Waals surface area contributed by atoms with Crippen LogP contribution >= 0.6 is 23.5 Å². The normalized spacial score (nSPS) is 9.47. The van der Waals surface area contributed by atoms with Crippen LogP contribution in [0.4, 0.5) is 0 Å². The quantitative estimate of drug-likeness (QED) is 0.172. The van der Waals surface area contributed by atoms with E-state index in [9.17, 15) is 0 Å². The van der Waals surface area contributed by atoms with Crippen molar-refractivity contribution < 1.29 is 20.4 Å². The van der Waals surface area contributed by atoms with Crippen molar-refractivity contribution >= 4 is 69.0 Å². The molecule has 0 saturated carbocycles. The van der Waals surface area contributed by atoms with Gasteiger partial charge >= 0.3 is 0 Å². The third-order valence-electron chi connectivity index (χ3n) is 1.18. The zero-order valence-corrected chi connectivity index (χ0v) is 16.4. The predicted octanol–water partition coefficient (Wildman–Crippen LogP) is 2.97. The molecule has 0 rings (SSSR count). The van der Waals surface area contributed by atoms with Gasteiger partial charge in [0.2, 0.25) is 0 Å². The summed E-state index contributed by atoms with van der Waals surface area (Å²) in [4.78, 5) is 0. The predicted molar refractivity (Wildman–Crippen MR) is 98.8 cm³/mol. The van der Waals surface area contributed by atoms with Crippen LogP contribution in [0, 0.1) is 0 Å². The number of thiol groups is 2. The van der Waals surface area contributed by atoms with Crippen LogP contribution < -0.4 is 0 Å². The SMILES string of the molecule is CCC=N[N-]C(=[SH+])SC.CCC=N[N-]C(=[SH+])SC.[Pd]. The standard InChI is InChI=1S/2C5H10N2S2.Pd/c2*1-3-4-6-7-5(8)9-2;/h2*4H,3H2,1-2H3,(H,7,8);. The summed E-state index contributed by atoms with van der Waals surface area (Å²) in [6.07, 6.45) is 9.14. The average Bonchev–Trinajstić information content (AvgIpc) is 2.39. The van der Waals surface area contributed by atoms with Gasteiger partial charge in [0.15, 0.2) is 33.1 Å². The van der Waals surface area contributed by atoms with Crippen molar-refractivity contribution in [2.24, 2.45) is 10.2 Å². The minimum Gasteiger partial charge on any atom is -0.520 e. The summed E-state index contributed by atoms with van der Waals surface area (Å²) in [5.41, 5.74) is 7.49. The van der Waals surface area contributed by atoms with Crippen molar-refractivity contribution in [1.29, 1.82) is 0 Å². The molecule has 4 nitrogen and oxygen atoms in total.